The summed E-state index contributed by atoms with van der Waals surface area (Å²) < 4.78 is 58.5. The van der Waals surface area contributed by atoms with Crippen LogP contribution in [-0.2, 0) is 26.9 Å². The first-order valence-corrected chi connectivity index (χ1v) is 12.7. The molecular formula is C24H26ClF3N2O4S. The number of ether oxygens (including phenoxy) is 1. The molecule has 0 aliphatic carbocycles. The number of halogens is 4. The number of anilines is 1. The van der Waals surface area contributed by atoms with E-state index in [2.05, 4.69) is 9.64 Å². The molecule has 0 radical (unpaired) electrons. The second-order valence-electron chi connectivity index (χ2n) is 8.16. The molecule has 2 aromatic carbocycles. The smallest absolute Gasteiger partial charge is 0.421 e. The lowest BCUT2D eigenvalue weighted by Crippen LogP contribution is -2.59. The molecular weight excluding hydrogens is 505 g/mol. The Labute approximate surface area is 210 Å². The summed E-state index contributed by atoms with van der Waals surface area (Å²) in [5.41, 5.74) is -0.467. The van der Waals surface area contributed by atoms with Crippen LogP contribution in [0.25, 0.3) is 0 Å². The Morgan fingerprint density at radius 3 is 2.49 bits per heavy atom. The van der Waals surface area contributed by atoms with E-state index in [9.17, 15) is 27.3 Å². The second-order valence-corrected chi connectivity index (χ2v) is 10.0. The molecule has 6 nitrogen and oxygen atoms in total. The highest BCUT2D eigenvalue weighted by atomic mass is 35.5. The van der Waals surface area contributed by atoms with Gasteiger partial charge in [-0.25, -0.2) is 4.79 Å². The standard InChI is InChI=1S/C24H26ClF3N2O4S/c1-4-34-22(31)14-35(33)21-9-8-17(12-20(21)24(26,27)28)23(32)30-11-10-29(15(2)16(30)3)19-7-5-6-18(25)13-19/h5-9,12-13,15-16H,4,10-11,14H2,1-3H3/t15-,16-,35?/m1/s1. The van der Waals surface area contributed by atoms with Crippen LogP contribution in [0.2, 0.25) is 5.02 Å². The summed E-state index contributed by atoms with van der Waals surface area (Å²) in [7, 11) is 0. The number of benzene rings is 2. The van der Waals surface area contributed by atoms with Crippen molar-refractivity contribution in [3.8, 4) is 0 Å². The fourth-order valence-corrected chi connectivity index (χ4v) is 5.36. The summed E-state index contributed by atoms with van der Waals surface area (Å²) in [6.45, 7) is 6.12. The number of carbonyl (C=O) groups excluding carboxylic acids is 2. The van der Waals surface area contributed by atoms with Crippen molar-refractivity contribution >= 4 is 40.3 Å². The van der Waals surface area contributed by atoms with E-state index >= 15 is 0 Å². The number of carbonyl (C=O) groups is 2. The van der Waals surface area contributed by atoms with E-state index in [-0.39, 0.29) is 24.3 Å². The topological polar surface area (TPSA) is 72.9 Å². The molecule has 1 amide bonds. The van der Waals surface area contributed by atoms with E-state index in [1.807, 2.05) is 32.0 Å². The molecule has 0 spiro atoms. The highest BCUT2D eigenvalue weighted by molar-refractivity contribution is 7.92. The van der Waals surface area contributed by atoms with Gasteiger partial charge in [-0.3, -0.25) is 4.79 Å². The van der Waals surface area contributed by atoms with Crippen LogP contribution in [0, 0.1) is 0 Å². The van der Waals surface area contributed by atoms with Crippen LogP contribution < -0.4 is 4.90 Å². The van der Waals surface area contributed by atoms with Gasteiger partial charge in [0.1, 0.15) is 5.56 Å². The molecule has 190 valence electrons. The Balaban J connectivity index is 1.84. The predicted octanol–water partition coefficient (Wildman–Crippen LogP) is 4.77. The summed E-state index contributed by atoms with van der Waals surface area (Å²) in [5.74, 6) is -2.12. The van der Waals surface area contributed by atoms with Crippen LogP contribution in [0.4, 0.5) is 18.9 Å². The molecule has 0 saturated carbocycles. The monoisotopic (exact) mass is 530 g/mol. The molecule has 1 heterocycles. The lowest BCUT2D eigenvalue weighted by atomic mass is 10.0. The van der Waals surface area contributed by atoms with E-state index in [1.165, 1.54) is 11.0 Å². The van der Waals surface area contributed by atoms with Crippen molar-refractivity contribution < 1.29 is 32.0 Å². The van der Waals surface area contributed by atoms with Crippen molar-refractivity contribution in [1.82, 2.24) is 4.90 Å². The van der Waals surface area contributed by atoms with Gasteiger partial charge in [-0.15, -0.1) is 0 Å². The van der Waals surface area contributed by atoms with Crippen molar-refractivity contribution in [3.05, 3.63) is 58.6 Å². The highest BCUT2D eigenvalue weighted by Crippen LogP contribution is 2.36. The highest BCUT2D eigenvalue weighted by Gasteiger charge is 2.40. The summed E-state index contributed by atoms with van der Waals surface area (Å²) >= 11 is 3.83. The average Bonchev–Trinajstić information content (AvgIpc) is 2.79. The molecule has 3 atom stereocenters. The maximum absolute atomic E-state index is 13.8. The molecule has 1 saturated heterocycles. The van der Waals surface area contributed by atoms with Gasteiger partial charge in [0.2, 0.25) is 5.75 Å². The first-order chi connectivity index (χ1) is 16.4. The Morgan fingerprint density at radius 2 is 1.86 bits per heavy atom. The van der Waals surface area contributed by atoms with Gasteiger partial charge in [0.05, 0.1) is 6.61 Å². The van der Waals surface area contributed by atoms with Gasteiger partial charge in [-0.05, 0) is 68.3 Å². The number of hydrogen-bond acceptors (Lipinski definition) is 5. The molecule has 1 fully saturated rings. The number of amides is 1. The minimum Gasteiger partial charge on any atom is -0.611 e. The van der Waals surface area contributed by atoms with E-state index in [0.717, 1.165) is 11.8 Å². The molecule has 1 aliphatic rings. The van der Waals surface area contributed by atoms with Crippen molar-refractivity contribution in [2.24, 2.45) is 0 Å². The van der Waals surface area contributed by atoms with Crippen LogP contribution in [0.1, 0.15) is 36.7 Å². The van der Waals surface area contributed by atoms with Gasteiger partial charge in [0, 0.05) is 41.4 Å². The number of rotatable bonds is 6. The minimum absolute atomic E-state index is 0.0246. The molecule has 1 unspecified atom stereocenters. The van der Waals surface area contributed by atoms with Crippen molar-refractivity contribution in [3.63, 3.8) is 0 Å². The molecule has 0 aromatic heterocycles. The summed E-state index contributed by atoms with van der Waals surface area (Å²) in [4.78, 5) is 27.9. The summed E-state index contributed by atoms with van der Waals surface area (Å²) in [6.07, 6.45) is -4.86. The second kappa shape index (κ2) is 11.1. The van der Waals surface area contributed by atoms with E-state index in [4.69, 9.17) is 11.6 Å². The fourth-order valence-electron chi connectivity index (χ4n) is 4.09. The van der Waals surface area contributed by atoms with Crippen LogP contribution >= 0.6 is 11.6 Å². The van der Waals surface area contributed by atoms with Crippen molar-refractivity contribution in [1.29, 1.82) is 0 Å². The average molecular weight is 531 g/mol. The van der Waals surface area contributed by atoms with Gasteiger partial charge in [0.25, 0.3) is 5.91 Å². The molecule has 2 aromatic rings. The third-order valence-electron chi connectivity index (χ3n) is 6.00. The van der Waals surface area contributed by atoms with Gasteiger partial charge >= 0.3 is 12.1 Å². The Bertz CT molecular complexity index is 1080. The lowest BCUT2D eigenvalue weighted by Gasteiger charge is -2.46. The van der Waals surface area contributed by atoms with Crippen LogP contribution in [-0.4, -0.2) is 58.9 Å². The number of alkyl halides is 3. The van der Waals surface area contributed by atoms with Crippen LogP contribution in [0.5, 0.6) is 0 Å². The summed E-state index contributed by atoms with van der Waals surface area (Å²) in [6, 6.07) is 9.84. The summed E-state index contributed by atoms with van der Waals surface area (Å²) in [5, 5.41) is 0.584. The van der Waals surface area contributed by atoms with Crippen molar-refractivity contribution in [2.75, 3.05) is 30.3 Å². The molecule has 1 aliphatic heterocycles. The third-order valence-corrected chi connectivity index (χ3v) is 7.57. The number of piperazine rings is 1. The van der Waals surface area contributed by atoms with Crippen LogP contribution in [0.3, 0.4) is 0 Å². The number of esters is 1. The lowest BCUT2D eigenvalue weighted by molar-refractivity contribution is -0.141. The van der Waals surface area contributed by atoms with Gasteiger partial charge in [0.15, 0.2) is 4.90 Å². The van der Waals surface area contributed by atoms with Crippen LogP contribution in [0.15, 0.2) is 47.4 Å². The maximum Gasteiger partial charge on any atom is 0.421 e. The Kier molecular flexibility index (Phi) is 8.61. The third kappa shape index (κ3) is 6.23. The molecule has 0 N–H and O–H groups in total. The van der Waals surface area contributed by atoms with Gasteiger partial charge < -0.3 is 19.1 Å². The molecule has 35 heavy (non-hydrogen) atoms. The SMILES string of the molecule is CCOC(=O)C[S+]([O-])c1ccc(C(=O)N2CCN(c3cccc(Cl)c3)[C@H](C)[C@H]2C)cc1C(F)(F)F. The van der Waals surface area contributed by atoms with Crippen molar-refractivity contribution in [2.45, 2.75) is 43.9 Å². The minimum atomic E-state index is -4.86. The fraction of sp³-hybridized carbons (Fsp3) is 0.417. The van der Waals surface area contributed by atoms with E-state index in [1.54, 1.807) is 13.0 Å². The number of nitrogens with zero attached hydrogens (tertiary/aromatic N) is 2. The largest absolute Gasteiger partial charge is 0.611 e. The van der Waals surface area contributed by atoms with Gasteiger partial charge in [-0.2, -0.15) is 13.2 Å². The Hall–Kier alpha value is -2.43. The molecule has 0 bridgehead atoms. The molecule has 3 rings (SSSR count). The zero-order valence-electron chi connectivity index (χ0n) is 19.5. The first kappa shape index (κ1) is 27.2. The van der Waals surface area contributed by atoms with E-state index < -0.39 is 45.4 Å². The first-order valence-electron chi connectivity index (χ1n) is 11.0. The van der Waals surface area contributed by atoms with Gasteiger partial charge in [-0.1, -0.05) is 17.7 Å². The molecule has 11 heteroatoms. The van der Waals surface area contributed by atoms with E-state index in [0.29, 0.717) is 24.2 Å². The quantitative estimate of drug-likeness (QED) is 0.397. The predicted molar refractivity (Wildman–Crippen MR) is 128 cm³/mol. The zero-order valence-corrected chi connectivity index (χ0v) is 21.0. The zero-order chi connectivity index (χ0) is 25.9. The normalized spacial score (nSPS) is 19.4. The maximum atomic E-state index is 13.8. The number of hydrogen-bond donors (Lipinski definition) is 0. The Morgan fingerprint density at radius 1 is 1.14 bits per heavy atom.